The Morgan fingerprint density at radius 3 is 2.38 bits per heavy atom. The minimum atomic E-state index is -1.32. The highest BCUT2D eigenvalue weighted by Crippen LogP contribution is 2.21. The summed E-state index contributed by atoms with van der Waals surface area (Å²) in [5.41, 5.74) is -1.01. The molecule has 0 saturated heterocycles. The summed E-state index contributed by atoms with van der Waals surface area (Å²) in [5.74, 6) is -1.62. The molecule has 0 saturated carbocycles. The number of rotatable bonds is 6. The molecule has 0 aliphatic heterocycles. The second-order valence-corrected chi connectivity index (χ2v) is 6.46. The largest absolute Gasteiger partial charge is 0.476 e. The Morgan fingerprint density at radius 1 is 1.15 bits per heavy atom. The number of nitrogens with zero attached hydrogens (tertiary/aromatic N) is 1. The summed E-state index contributed by atoms with van der Waals surface area (Å²) in [7, 11) is 1.68. The van der Waals surface area contributed by atoms with E-state index in [4.69, 9.17) is 21.1 Å². The van der Waals surface area contributed by atoms with Gasteiger partial charge < -0.3 is 14.0 Å². The molecule has 0 atom stereocenters. The number of carbonyl (C=O) groups is 3. The fourth-order valence-corrected chi connectivity index (χ4v) is 2.19. The van der Waals surface area contributed by atoms with Gasteiger partial charge in [0.25, 0.3) is 11.8 Å². The average molecular weight is 379 g/mol. The lowest BCUT2D eigenvalue weighted by atomic mass is 10.1. The molecule has 1 N–H and O–H groups in total. The first-order chi connectivity index (χ1) is 12.2. The molecule has 0 aliphatic rings. The van der Waals surface area contributed by atoms with Crippen molar-refractivity contribution in [2.75, 3.05) is 6.61 Å². The van der Waals surface area contributed by atoms with E-state index in [0.29, 0.717) is 16.5 Å². The maximum Gasteiger partial charge on any atom is 0.350 e. The Labute approximate surface area is 155 Å². The summed E-state index contributed by atoms with van der Waals surface area (Å²) in [6, 6.07) is 9.72. The van der Waals surface area contributed by atoms with E-state index in [9.17, 15) is 14.4 Å². The van der Waals surface area contributed by atoms with Crippen LogP contribution in [0.2, 0.25) is 5.02 Å². The number of carbonyl (C=O) groups excluding carboxylic acids is 3. The van der Waals surface area contributed by atoms with Gasteiger partial charge in [-0.2, -0.15) is 0 Å². The summed E-state index contributed by atoms with van der Waals surface area (Å²) in [5, 5.41) is 2.69. The Kier molecular flexibility index (Phi) is 6.05. The standard InChI is InChI=1S/C18H19ClN2O5/c1-18(2,26-13-8-6-12(19)7-9-13)17(24)25-11-15(22)20-16(23)14-5-4-10-21(14)3/h4-10H,11H2,1-3H3,(H,20,22,23). The van der Waals surface area contributed by atoms with E-state index >= 15 is 0 Å². The zero-order valence-electron chi connectivity index (χ0n) is 14.6. The van der Waals surface area contributed by atoms with Crippen LogP contribution >= 0.6 is 11.6 Å². The van der Waals surface area contributed by atoms with Gasteiger partial charge in [-0.1, -0.05) is 11.6 Å². The van der Waals surface area contributed by atoms with E-state index in [1.807, 2.05) is 0 Å². The van der Waals surface area contributed by atoms with Gasteiger partial charge in [-0.25, -0.2) is 4.79 Å². The van der Waals surface area contributed by atoms with Crippen molar-refractivity contribution in [2.24, 2.45) is 7.05 Å². The lowest BCUT2D eigenvalue weighted by Crippen LogP contribution is -2.42. The molecule has 1 aromatic carbocycles. The molecule has 8 heteroatoms. The van der Waals surface area contributed by atoms with E-state index in [-0.39, 0.29) is 0 Å². The predicted octanol–water partition coefficient (Wildman–Crippen LogP) is 2.34. The molecule has 1 heterocycles. The van der Waals surface area contributed by atoms with Crippen molar-refractivity contribution in [3.05, 3.63) is 53.3 Å². The second-order valence-electron chi connectivity index (χ2n) is 6.02. The molecule has 2 amide bonds. The summed E-state index contributed by atoms with van der Waals surface area (Å²) >= 11 is 5.80. The maximum absolute atomic E-state index is 12.2. The number of nitrogens with one attached hydrogen (secondary N) is 1. The number of benzene rings is 1. The van der Waals surface area contributed by atoms with Crippen LogP contribution in [0.25, 0.3) is 0 Å². The monoisotopic (exact) mass is 378 g/mol. The Balaban J connectivity index is 1.86. The third-order valence-corrected chi connectivity index (χ3v) is 3.69. The quantitative estimate of drug-likeness (QED) is 0.779. The number of hydrogen-bond donors (Lipinski definition) is 1. The Bertz CT molecular complexity index is 811. The lowest BCUT2D eigenvalue weighted by molar-refractivity contribution is -0.161. The van der Waals surface area contributed by atoms with E-state index in [0.717, 1.165) is 0 Å². The number of halogens is 1. The van der Waals surface area contributed by atoms with Crippen molar-refractivity contribution < 1.29 is 23.9 Å². The van der Waals surface area contributed by atoms with Crippen LogP contribution in [0.15, 0.2) is 42.6 Å². The molecule has 2 rings (SSSR count). The minimum Gasteiger partial charge on any atom is -0.476 e. The zero-order valence-corrected chi connectivity index (χ0v) is 15.4. The van der Waals surface area contributed by atoms with Gasteiger partial charge >= 0.3 is 5.97 Å². The van der Waals surface area contributed by atoms with Crippen molar-refractivity contribution in [1.82, 2.24) is 9.88 Å². The van der Waals surface area contributed by atoms with Crippen LogP contribution in [0.3, 0.4) is 0 Å². The molecule has 0 fully saturated rings. The SMILES string of the molecule is Cn1cccc1C(=O)NC(=O)COC(=O)C(C)(C)Oc1ccc(Cl)cc1. The van der Waals surface area contributed by atoms with Gasteiger partial charge in [0.2, 0.25) is 0 Å². The molecule has 0 spiro atoms. The van der Waals surface area contributed by atoms with Crippen LogP contribution < -0.4 is 10.1 Å². The first kappa shape index (κ1) is 19.5. The summed E-state index contributed by atoms with van der Waals surface area (Å²) in [6.07, 6.45) is 1.68. The molecular weight excluding hydrogens is 360 g/mol. The fourth-order valence-electron chi connectivity index (χ4n) is 2.07. The Morgan fingerprint density at radius 2 is 1.81 bits per heavy atom. The van der Waals surface area contributed by atoms with Crippen LogP contribution in [-0.2, 0) is 21.4 Å². The highest BCUT2D eigenvalue weighted by atomic mass is 35.5. The molecule has 1 aromatic heterocycles. The predicted molar refractivity (Wildman–Crippen MR) is 95.0 cm³/mol. The van der Waals surface area contributed by atoms with Crippen molar-refractivity contribution in [1.29, 1.82) is 0 Å². The smallest absolute Gasteiger partial charge is 0.350 e. The number of ether oxygens (including phenoxy) is 2. The van der Waals surface area contributed by atoms with E-state index in [2.05, 4.69) is 5.32 Å². The summed E-state index contributed by atoms with van der Waals surface area (Å²) < 4.78 is 12.1. The van der Waals surface area contributed by atoms with Gasteiger partial charge in [0.05, 0.1) is 0 Å². The molecular formula is C18H19ClN2O5. The van der Waals surface area contributed by atoms with Gasteiger partial charge in [0.1, 0.15) is 11.4 Å². The van der Waals surface area contributed by atoms with Crippen molar-refractivity contribution >= 4 is 29.4 Å². The summed E-state index contributed by atoms with van der Waals surface area (Å²) in [6.45, 7) is 2.43. The highest BCUT2D eigenvalue weighted by molar-refractivity contribution is 6.30. The topological polar surface area (TPSA) is 86.6 Å². The van der Waals surface area contributed by atoms with E-state index in [1.54, 1.807) is 54.2 Å². The average Bonchev–Trinajstić information content (AvgIpc) is 3.00. The molecule has 138 valence electrons. The van der Waals surface area contributed by atoms with Crippen LogP contribution in [-0.4, -0.2) is 34.6 Å². The number of imide groups is 1. The number of aromatic nitrogens is 1. The number of amides is 2. The third kappa shape index (κ3) is 5.10. The van der Waals surface area contributed by atoms with E-state index < -0.39 is 30.0 Å². The van der Waals surface area contributed by atoms with Crippen LogP contribution in [0.4, 0.5) is 0 Å². The molecule has 0 aliphatic carbocycles. The van der Waals surface area contributed by atoms with E-state index in [1.165, 1.54) is 13.8 Å². The lowest BCUT2D eigenvalue weighted by Gasteiger charge is -2.24. The fraction of sp³-hybridized carbons (Fsp3) is 0.278. The second kappa shape index (κ2) is 8.05. The van der Waals surface area contributed by atoms with Gasteiger partial charge in [-0.3, -0.25) is 14.9 Å². The molecule has 0 bridgehead atoms. The van der Waals surface area contributed by atoms with Crippen molar-refractivity contribution in [3.63, 3.8) is 0 Å². The molecule has 2 aromatic rings. The third-order valence-electron chi connectivity index (χ3n) is 3.44. The van der Waals surface area contributed by atoms with Gasteiger partial charge in [-0.05, 0) is 50.2 Å². The number of hydrogen-bond acceptors (Lipinski definition) is 5. The van der Waals surface area contributed by atoms with Crippen LogP contribution in [0.5, 0.6) is 5.75 Å². The molecule has 7 nitrogen and oxygen atoms in total. The number of esters is 1. The normalized spacial score (nSPS) is 10.9. The Hall–Kier alpha value is -2.80. The van der Waals surface area contributed by atoms with Crippen molar-refractivity contribution in [2.45, 2.75) is 19.4 Å². The highest BCUT2D eigenvalue weighted by Gasteiger charge is 2.32. The van der Waals surface area contributed by atoms with Crippen LogP contribution in [0.1, 0.15) is 24.3 Å². The first-order valence-corrected chi connectivity index (χ1v) is 8.14. The minimum absolute atomic E-state index is 0.316. The summed E-state index contributed by atoms with van der Waals surface area (Å²) in [4.78, 5) is 35.9. The maximum atomic E-state index is 12.2. The van der Waals surface area contributed by atoms with Crippen molar-refractivity contribution in [3.8, 4) is 5.75 Å². The van der Waals surface area contributed by atoms with Gasteiger partial charge in [0.15, 0.2) is 12.2 Å². The molecule has 0 radical (unpaired) electrons. The molecule has 0 unspecified atom stereocenters. The van der Waals surface area contributed by atoms with Gasteiger partial charge in [0, 0.05) is 18.3 Å². The number of aryl methyl sites for hydroxylation is 1. The van der Waals surface area contributed by atoms with Crippen LogP contribution in [0, 0.1) is 0 Å². The zero-order chi connectivity index (χ0) is 19.3. The first-order valence-electron chi connectivity index (χ1n) is 7.76. The molecule has 26 heavy (non-hydrogen) atoms. The van der Waals surface area contributed by atoms with Gasteiger partial charge in [-0.15, -0.1) is 0 Å².